The number of furan rings is 1. The molecular weight excluding hydrogens is 340 g/mol. The van der Waals surface area contributed by atoms with Gasteiger partial charge in [-0.05, 0) is 43.9 Å². The van der Waals surface area contributed by atoms with Gasteiger partial charge in [0, 0.05) is 11.9 Å². The maximum absolute atomic E-state index is 6.00. The van der Waals surface area contributed by atoms with Crippen molar-refractivity contribution in [1.29, 1.82) is 0 Å². The molecule has 2 aromatic heterocycles. The number of hydrogen-bond donors (Lipinski definition) is 1. The van der Waals surface area contributed by atoms with E-state index >= 15 is 0 Å². The number of nitrogens with zero attached hydrogens (tertiary/aromatic N) is 3. The van der Waals surface area contributed by atoms with Gasteiger partial charge in [0.1, 0.15) is 23.2 Å². The van der Waals surface area contributed by atoms with Crippen LogP contribution < -0.4 is 10.1 Å². The zero-order valence-corrected chi connectivity index (χ0v) is 15.6. The van der Waals surface area contributed by atoms with Gasteiger partial charge < -0.3 is 19.4 Å². The van der Waals surface area contributed by atoms with Crippen molar-refractivity contribution in [1.82, 2.24) is 14.9 Å². The van der Waals surface area contributed by atoms with Crippen LogP contribution in [0.3, 0.4) is 0 Å². The topological polar surface area (TPSA) is 63.4 Å². The lowest BCUT2D eigenvalue weighted by Gasteiger charge is -2.25. The largest absolute Gasteiger partial charge is 0.497 e. The van der Waals surface area contributed by atoms with Crippen LogP contribution in [0, 0.1) is 0 Å². The normalized spacial score (nSPS) is 12.6. The Morgan fingerprint density at radius 2 is 1.96 bits per heavy atom. The SMILES string of the molecule is COc1cccc(C(CNc2ncnc3c2oc2ccccc23)N(C)C)c1. The summed E-state index contributed by atoms with van der Waals surface area (Å²) < 4.78 is 11.4. The standard InChI is InChI=1S/C21H22N4O2/c1-25(2)17(14-7-6-8-15(11-14)26-3)12-22-21-20-19(23-13-24-21)16-9-4-5-10-18(16)27-20/h4-11,13,17H,12H2,1-3H3,(H,22,23,24). The fraction of sp³-hybridized carbons (Fsp3) is 0.238. The molecule has 0 fully saturated rings. The Kier molecular flexibility index (Phi) is 4.64. The van der Waals surface area contributed by atoms with Gasteiger partial charge in [-0.1, -0.05) is 24.3 Å². The highest BCUT2D eigenvalue weighted by atomic mass is 16.5. The van der Waals surface area contributed by atoms with Gasteiger partial charge in [-0.25, -0.2) is 9.97 Å². The van der Waals surface area contributed by atoms with Crippen molar-refractivity contribution in [3.63, 3.8) is 0 Å². The molecule has 0 radical (unpaired) electrons. The maximum atomic E-state index is 6.00. The predicted octanol–water partition coefficient (Wildman–Crippen LogP) is 4.10. The van der Waals surface area contributed by atoms with E-state index < -0.39 is 0 Å². The molecule has 0 aliphatic carbocycles. The lowest BCUT2D eigenvalue weighted by molar-refractivity contribution is 0.310. The first-order valence-corrected chi connectivity index (χ1v) is 8.84. The minimum atomic E-state index is 0.148. The summed E-state index contributed by atoms with van der Waals surface area (Å²) in [6, 6.07) is 16.2. The third kappa shape index (κ3) is 3.31. The second-order valence-corrected chi connectivity index (χ2v) is 6.64. The monoisotopic (exact) mass is 362 g/mol. The van der Waals surface area contributed by atoms with Crippen molar-refractivity contribution in [3.8, 4) is 5.75 Å². The van der Waals surface area contributed by atoms with Crippen LogP contribution in [-0.2, 0) is 0 Å². The number of fused-ring (bicyclic) bond motifs is 3. The molecule has 0 aliphatic heterocycles. The molecule has 0 saturated heterocycles. The number of anilines is 1. The van der Waals surface area contributed by atoms with E-state index in [0.717, 1.165) is 22.2 Å². The van der Waals surface area contributed by atoms with Crippen molar-refractivity contribution in [2.24, 2.45) is 0 Å². The molecule has 1 unspecified atom stereocenters. The molecular formula is C21H22N4O2. The van der Waals surface area contributed by atoms with E-state index in [0.29, 0.717) is 17.9 Å². The average Bonchev–Trinajstić information content (AvgIpc) is 3.07. The van der Waals surface area contributed by atoms with E-state index in [1.54, 1.807) is 13.4 Å². The number of methoxy groups -OCH3 is 1. The number of aromatic nitrogens is 2. The number of rotatable bonds is 6. The van der Waals surface area contributed by atoms with E-state index in [1.807, 2.05) is 36.4 Å². The van der Waals surface area contributed by atoms with Crippen LogP contribution in [0.15, 0.2) is 59.3 Å². The average molecular weight is 362 g/mol. The number of nitrogens with one attached hydrogen (secondary N) is 1. The van der Waals surface area contributed by atoms with Gasteiger partial charge in [-0.3, -0.25) is 0 Å². The highest BCUT2D eigenvalue weighted by Crippen LogP contribution is 2.31. The van der Waals surface area contributed by atoms with E-state index in [9.17, 15) is 0 Å². The van der Waals surface area contributed by atoms with Crippen LogP contribution >= 0.6 is 0 Å². The van der Waals surface area contributed by atoms with Gasteiger partial charge >= 0.3 is 0 Å². The van der Waals surface area contributed by atoms with Gasteiger partial charge in [0.25, 0.3) is 0 Å². The van der Waals surface area contributed by atoms with Crippen molar-refractivity contribution in [3.05, 3.63) is 60.4 Å². The minimum Gasteiger partial charge on any atom is -0.497 e. The molecule has 4 rings (SSSR count). The summed E-state index contributed by atoms with van der Waals surface area (Å²) in [6.07, 6.45) is 1.57. The first kappa shape index (κ1) is 17.3. The molecule has 0 bridgehead atoms. The lowest BCUT2D eigenvalue weighted by Crippen LogP contribution is -2.27. The molecule has 6 nitrogen and oxygen atoms in total. The Balaban J connectivity index is 1.64. The summed E-state index contributed by atoms with van der Waals surface area (Å²) in [5.74, 6) is 1.55. The minimum absolute atomic E-state index is 0.148. The molecule has 0 saturated carbocycles. The molecule has 27 heavy (non-hydrogen) atoms. The molecule has 0 amide bonds. The van der Waals surface area contributed by atoms with Crippen LogP contribution in [0.25, 0.3) is 22.1 Å². The maximum Gasteiger partial charge on any atom is 0.196 e. The number of likely N-dealkylation sites (N-methyl/N-ethyl adjacent to an activating group) is 1. The van der Waals surface area contributed by atoms with Crippen LogP contribution in [-0.4, -0.2) is 42.6 Å². The Morgan fingerprint density at radius 3 is 2.78 bits per heavy atom. The Bertz CT molecular complexity index is 1070. The van der Waals surface area contributed by atoms with Crippen LogP contribution in [0.5, 0.6) is 5.75 Å². The number of ether oxygens (including phenoxy) is 1. The Labute approximate surface area is 157 Å². The highest BCUT2D eigenvalue weighted by molar-refractivity contribution is 6.05. The van der Waals surface area contributed by atoms with E-state index in [2.05, 4.69) is 46.4 Å². The van der Waals surface area contributed by atoms with Crippen molar-refractivity contribution in [2.75, 3.05) is 33.1 Å². The van der Waals surface area contributed by atoms with Crippen LogP contribution in [0.4, 0.5) is 5.82 Å². The molecule has 2 heterocycles. The summed E-state index contributed by atoms with van der Waals surface area (Å²) in [7, 11) is 5.80. The summed E-state index contributed by atoms with van der Waals surface area (Å²) in [6.45, 7) is 0.670. The van der Waals surface area contributed by atoms with E-state index in [4.69, 9.17) is 9.15 Å². The van der Waals surface area contributed by atoms with Gasteiger partial charge in [-0.2, -0.15) is 0 Å². The fourth-order valence-corrected chi connectivity index (χ4v) is 3.29. The fourth-order valence-electron chi connectivity index (χ4n) is 3.29. The Morgan fingerprint density at radius 1 is 1.11 bits per heavy atom. The summed E-state index contributed by atoms with van der Waals surface area (Å²) >= 11 is 0. The van der Waals surface area contributed by atoms with Crippen molar-refractivity contribution in [2.45, 2.75) is 6.04 Å². The zero-order chi connectivity index (χ0) is 18.8. The number of para-hydroxylation sites is 1. The third-order valence-corrected chi connectivity index (χ3v) is 4.72. The first-order chi connectivity index (χ1) is 13.2. The number of hydrogen-bond acceptors (Lipinski definition) is 6. The lowest BCUT2D eigenvalue weighted by atomic mass is 10.1. The molecule has 1 atom stereocenters. The Hall–Kier alpha value is -3.12. The summed E-state index contributed by atoms with van der Waals surface area (Å²) in [5, 5.41) is 4.43. The van der Waals surface area contributed by atoms with Gasteiger partial charge in [0.2, 0.25) is 0 Å². The molecule has 2 aromatic carbocycles. The first-order valence-electron chi connectivity index (χ1n) is 8.84. The summed E-state index contributed by atoms with van der Waals surface area (Å²) in [4.78, 5) is 11.0. The smallest absolute Gasteiger partial charge is 0.196 e. The molecule has 138 valence electrons. The molecule has 6 heteroatoms. The predicted molar refractivity (Wildman–Crippen MR) is 107 cm³/mol. The number of benzene rings is 2. The van der Waals surface area contributed by atoms with Crippen molar-refractivity contribution < 1.29 is 9.15 Å². The second-order valence-electron chi connectivity index (χ2n) is 6.64. The molecule has 4 aromatic rings. The quantitative estimate of drug-likeness (QED) is 0.557. The van der Waals surface area contributed by atoms with Gasteiger partial charge in [-0.15, -0.1) is 0 Å². The molecule has 1 N–H and O–H groups in total. The van der Waals surface area contributed by atoms with Crippen LogP contribution in [0.2, 0.25) is 0 Å². The summed E-state index contributed by atoms with van der Waals surface area (Å²) in [5.41, 5.74) is 3.49. The molecule has 0 spiro atoms. The zero-order valence-electron chi connectivity index (χ0n) is 15.6. The second kappa shape index (κ2) is 7.25. The van der Waals surface area contributed by atoms with Gasteiger partial charge in [0.15, 0.2) is 11.4 Å². The van der Waals surface area contributed by atoms with E-state index in [-0.39, 0.29) is 6.04 Å². The third-order valence-electron chi connectivity index (χ3n) is 4.72. The highest BCUT2D eigenvalue weighted by Gasteiger charge is 2.17. The van der Waals surface area contributed by atoms with Gasteiger partial charge in [0.05, 0.1) is 13.2 Å². The van der Waals surface area contributed by atoms with Crippen LogP contribution in [0.1, 0.15) is 11.6 Å². The van der Waals surface area contributed by atoms with E-state index in [1.165, 1.54) is 5.56 Å². The molecule has 0 aliphatic rings. The van der Waals surface area contributed by atoms with Crippen molar-refractivity contribution >= 4 is 27.9 Å².